The third-order valence-corrected chi connectivity index (χ3v) is 6.65. The van der Waals surface area contributed by atoms with E-state index in [1.54, 1.807) is 33.3 Å². The smallest absolute Gasteiger partial charge is 0.249 e. The molecule has 2 amide bonds. The summed E-state index contributed by atoms with van der Waals surface area (Å²) in [7, 11) is 1.47. The molecule has 0 spiro atoms. The number of benzene rings is 1. The molecule has 0 bridgehead atoms. The van der Waals surface area contributed by atoms with Crippen LogP contribution in [0.1, 0.15) is 36.8 Å². The Morgan fingerprint density at radius 2 is 2.03 bits per heavy atom. The van der Waals surface area contributed by atoms with Gasteiger partial charge in [0.2, 0.25) is 11.8 Å². The lowest BCUT2D eigenvalue weighted by molar-refractivity contribution is -0.146. The average molecular weight is 449 g/mol. The average Bonchev–Trinajstić information content (AvgIpc) is 3.25. The van der Waals surface area contributed by atoms with Crippen LogP contribution in [0.3, 0.4) is 0 Å². The first-order valence-electron chi connectivity index (χ1n) is 10.5. The Kier molecular flexibility index (Phi) is 8.03. The van der Waals surface area contributed by atoms with Gasteiger partial charge in [-0.1, -0.05) is 6.92 Å². The summed E-state index contributed by atoms with van der Waals surface area (Å²) in [5, 5.41) is 2.02. The molecule has 0 fully saturated rings. The number of thiophene rings is 1. The molecule has 2 unspecified atom stereocenters. The van der Waals surface area contributed by atoms with Crippen molar-refractivity contribution in [2.24, 2.45) is 0 Å². The van der Waals surface area contributed by atoms with Crippen molar-refractivity contribution in [1.29, 1.82) is 0 Å². The molecule has 2 heterocycles. The fraction of sp³-hybridized carbons (Fsp3) is 0.478. The van der Waals surface area contributed by atoms with E-state index in [4.69, 9.17) is 9.47 Å². The highest BCUT2D eigenvalue weighted by atomic mass is 32.1. The van der Waals surface area contributed by atoms with Gasteiger partial charge in [0.25, 0.3) is 0 Å². The highest BCUT2D eigenvalue weighted by Gasteiger charge is 2.34. The zero-order valence-corrected chi connectivity index (χ0v) is 19.0. The second-order valence-corrected chi connectivity index (χ2v) is 8.63. The number of ether oxygens (including phenoxy) is 2. The fourth-order valence-electron chi connectivity index (χ4n) is 3.73. The molecule has 1 aromatic heterocycles. The van der Waals surface area contributed by atoms with Crippen molar-refractivity contribution in [1.82, 2.24) is 9.80 Å². The Morgan fingerprint density at radius 1 is 1.29 bits per heavy atom. The topological polar surface area (TPSA) is 59.1 Å². The number of nitrogens with zero attached hydrogens (tertiary/aromatic N) is 2. The maximum Gasteiger partial charge on any atom is 0.249 e. The second kappa shape index (κ2) is 10.7. The maximum absolute atomic E-state index is 13.3. The minimum Gasteiger partial charge on any atom is -0.491 e. The highest BCUT2D eigenvalue weighted by molar-refractivity contribution is 7.10. The van der Waals surface area contributed by atoms with Crippen molar-refractivity contribution in [2.75, 3.05) is 33.4 Å². The standard InChI is InChI=1S/C23H29FN2O4S/c1-4-16(2)26(23(28)15-29-3)13-22(27)25-11-9-21-19(10-12-31-21)20(25)14-30-18-7-5-17(24)6-8-18/h5-8,10,12,16,20H,4,9,11,13-15H2,1-3H3. The zero-order valence-electron chi connectivity index (χ0n) is 18.2. The van der Waals surface area contributed by atoms with E-state index in [-0.39, 0.29) is 49.5 Å². The summed E-state index contributed by atoms with van der Waals surface area (Å²) in [6, 6.07) is 7.55. The van der Waals surface area contributed by atoms with E-state index in [2.05, 4.69) is 0 Å². The van der Waals surface area contributed by atoms with Crippen molar-refractivity contribution in [3.63, 3.8) is 0 Å². The van der Waals surface area contributed by atoms with Gasteiger partial charge in [-0.3, -0.25) is 9.59 Å². The van der Waals surface area contributed by atoms with Crippen molar-refractivity contribution >= 4 is 23.2 Å². The summed E-state index contributed by atoms with van der Waals surface area (Å²) < 4.78 is 24.1. The molecule has 0 saturated carbocycles. The summed E-state index contributed by atoms with van der Waals surface area (Å²) in [6.45, 7) is 4.70. The molecule has 1 aliphatic heterocycles. The Hall–Kier alpha value is -2.45. The molecule has 0 radical (unpaired) electrons. The molecule has 1 aromatic carbocycles. The minimum absolute atomic E-state index is 0.00369. The third-order valence-electron chi connectivity index (χ3n) is 5.65. The number of carbonyl (C=O) groups excluding carboxylic acids is 2. The number of methoxy groups -OCH3 is 1. The molecule has 6 nitrogen and oxygen atoms in total. The van der Waals surface area contributed by atoms with Gasteiger partial charge in [-0.15, -0.1) is 11.3 Å². The van der Waals surface area contributed by atoms with Gasteiger partial charge >= 0.3 is 0 Å². The molecule has 3 rings (SSSR count). The third kappa shape index (κ3) is 5.62. The number of carbonyl (C=O) groups is 2. The SMILES string of the molecule is CCC(C)N(CC(=O)N1CCc2sccc2C1COc1ccc(F)cc1)C(=O)COC. The van der Waals surface area contributed by atoms with Gasteiger partial charge in [0, 0.05) is 24.6 Å². The molecular formula is C23H29FN2O4S. The van der Waals surface area contributed by atoms with Crippen LogP contribution >= 0.6 is 11.3 Å². The molecule has 2 atom stereocenters. The van der Waals surface area contributed by atoms with Crippen LogP contribution in [0.4, 0.5) is 4.39 Å². The Balaban J connectivity index is 1.77. The van der Waals surface area contributed by atoms with Gasteiger partial charge in [-0.05, 0) is 61.0 Å². The van der Waals surface area contributed by atoms with Crippen molar-refractivity contribution < 1.29 is 23.5 Å². The number of hydrogen-bond donors (Lipinski definition) is 0. The Morgan fingerprint density at radius 3 is 2.71 bits per heavy atom. The lowest BCUT2D eigenvalue weighted by Gasteiger charge is -2.38. The second-order valence-electron chi connectivity index (χ2n) is 7.63. The van der Waals surface area contributed by atoms with E-state index in [9.17, 15) is 14.0 Å². The zero-order chi connectivity index (χ0) is 22.4. The van der Waals surface area contributed by atoms with Crippen molar-refractivity contribution in [3.8, 4) is 5.75 Å². The molecule has 0 aliphatic carbocycles. The van der Waals surface area contributed by atoms with Crippen molar-refractivity contribution in [3.05, 3.63) is 52.0 Å². The number of rotatable bonds is 9. The van der Waals surface area contributed by atoms with Crippen LogP contribution in [-0.4, -0.2) is 61.1 Å². The van der Waals surface area contributed by atoms with E-state index in [0.29, 0.717) is 12.3 Å². The van der Waals surface area contributed by atoms with Gasteiger partial charge in [-0.2, -0.15) is 0 Å². The maximum atomic E-state index is 13.3. The van der Waals surface area contributed by atoms with E-state index < -0.39 is 0 Å². The van der Waals surface area contributed by atoms with Crippen LogP contribution < -0.4 is 4.74 Å². The first-order chi connectivity index (χ1) is 14.9. The number of amides is 2. The van der Waals surface area contributed by atoms with Gasteiger partial charge in [0.1, 0.15) is 31.3 Å². The van der Waals surface area contributed by atoms with Gasteiger partial charge in [-0.25, -0.2) is 4.39 Å². The fourth-order valence-corrected chi connectivity index (χ4v) is 4.66. The molecular weight excluding hydrogens is 419 g/mol. The summed E-state index contributed by atoms with van der Waals surface area (Å²) >= 11 is 1.68. The quantitative estimate of drug-likeness (QED) is 0.587. The predicted molar refractivity (Wildman–Crippen MR) is 118 cm³/mol. The highest BCUT2D eigenvalue weighted by Crippen LogP contribution is 2.34. The number of halogens is 1. The Bertz CT molecular complexity index is 886. The molecule has 2 aromatic rings. The lowest BCUT2D eigenvalue weighted by atomic mass is 10.00. The van der Waals surface area contributed by atoms with Crippen LogP contribution in [0.2, 0.25) is 0 Å². The van der Waals surface area contributed by atoms with Crippen molar-refractivity contribution in [2.45, 2.75) is 38.8 Å². The monoisotopic (exact) mass is 448 g/mol. The molecule has 1 aliphatic rings. The molecule has 8 heteroatoms. The Labute approximate surface area is 186 Å². The van der Waals surface area contributed by atoms with Crippen LogP contribution in [-0.2, 0) is 20.7 Å². The summed E-state index contributed by atoms with van der Waals surface area (Å²) in [6.07, 6.45) is 1.52. The van der Waals surface area contributed by atoms with E-state index in [1.807, 2.05) is 25.3 Å². The molecule has 0 saturated heterocycles. The first kappa shape index (κ1) is 23.2. The van der Waals surface area contributed by atoms with Gasteiger partial charge in [0.15, 0.2) is 0 Å². The molecule has 168 valence electrons. The first-order valence-corrected chi connectivity index (χ1v) is 11.3. The summed E-state index contributed by atoms with van der Waals surface area (Å²) in [5.74, 6) is -0.0905. The minimum atomic E-state index is -0.326. The van der Waals surface area contributed by atoms with Crippen LogP contribution in [0, 0.1) is 5.82 Å². The van der Waals surface area contributed by atoms with Gasteiger partial charge < -0.3 is 19.3 Å². The number of fused-ring (bicyclic) bond motifs is 1. The molecule has 0 N–H and O–H groups in total. The van der Waals surface area contributed by atoms with Gasteiger partial charge in [0.05, 0.1) is 6.04 Å². The van der Waals surface area contributed by atoms with E-state index >= 15 is 0 Å². The lowest BCUT2D eigenvalue weighted by Crippen LogP contribution is -2.50. The van der Waals surface area contributed by atoms with E-state index in [0.717, 1.165) is 18.4 Å². The normalized spacial score (nSPS) is 16.5. The predicted octanol–water partition coefficient (Wildman–Crippen LogP) is 3.67. The van der Waals surface area contributed by atoms with E-state index in [1.165, 1.54) is 24.1 Å². The summed E-state index contributed by atoms with van der Waals surface area (Å²) in [4.78, 5) is 30.5. The van der Waals surface area contributed by atoms with Crippen LogP contribution in [0.25, 0.3) is 0 Å². The van der Waals surface area contributed by atoms with Crippen LogP contribution in [0.5, 0.6) is 5.75 Å². The number of hydrogen-bond acceptors (Lipinski definition) is 5. The largest absolute Gasteiger partial charge is 0.491 e. The molecule has 31 heavy (non-hydrogen) atoms. The van der Waals surface area contributed by atoms with Crippen LogP contribution in [0.15, 0.2) is 35.7 Å². The summed E-state index contributed by atoms with van der Waals surface area (Å²) in [5.41, 5.74) is 1.07.